The summed E-state index contributed by atoms with van der Waals surface area (Å²) in [6, 6.07) is 17.5. The number of carbonyl (C=O) groups is 1. The lowest BCUT2D eigenvalue weighted by Crippen LogP contribution is -2.52. The molecule has 1 atom stereocenters. The number of rotatable bonds is 7. The van der Waals surface area contributed by atoms with Crippen LogP contribution in [0.15, 0.2) is 48.5 Å². The first-order valence-electron chi connectivity index (χ1n) is 10.3. The first-order valence-corrected chi connectivity index (χ1v) is 10.3. The molecule has 3 rings (SSSR count). The van der Waals surface area contributed by atoms with Crippen molar-refractivity contribution in [2.45, 2.75) is 26.5 Å². The molecule has 6 nitrogen and oxygen atoms in total. The highest BCUT2D eigenvalue weighted by atomic mass is 16.5. The molecule has 0 bridgehead atoms. The Kier molecular flexibility index (Phi) is 7.31. The molecule has 1 heterocycles. The van der Waals surface area contributed by atoms with E-state index in [4.69, 9.17) is 9.47 Å². The lowest BCUT2D eigenvalue weighted by atomic mass is 10.0. The van der Waals surface area contributed by atoms with E-state index in [2.05, 4.69) is 24.8 Å². The molecular weight excluding hydrogens is 378 g/mol. The van der Waals surface area contributed by atoms with Crippen molar-refractivity contribution in [2.75, 3.05) is 33.3 Å². The molecule has 1 amide bonds. The molecule has 2 aromatic carbocycles. The van der Waals surface area contributed by atoms with Gasteiger partial charge in [-0.25, -0.2) is 0 Å². The molecule has 2 aromatic rings. The Hall–Kier alpha value is -3.04. The van der Waals surface area contributed by atoms with Crippen LogP contribution in [0, 0.1) is 17.2 Å². The topological polar surface area (TPSA) is 65.8 Å². The van der Waals surface area contributed by atoms with Gasteiger partial charge in [0.2, 0.25) is 0 Å². The maximum absolute atomic E-state index is 13.0. The highest BCUT2D eigenvalue weighted by Gasteiger charge is 2.28. The quantitative estimate of drug-likeness (QED) is 0.702. The lowest BCUT2D eigenvalue weighted by molar-refractivity contribution is 0.0576. The molecule has 1 saturated heterocycles. The smallest absolute Gasteiger partial charge is 0.254 e. The highest BCUT2D eigenvalue weighted by molar-refractivity contribution is 5.95. The van der Waals surface area contributed by atoms with E-state index in [-0.39, 0.29) is 17.9 Å². The van der Waals surface area contributed by atoms with Crippen molar-refractivity contribution in [1.29, 1.82) is 5.26 Å². The maximum atomic E-state index is 13.0. The highest BCUT2D eigenvalue weighted by Crippen LogP contribution is 2.29. The van der Waals surface area contributed by atoms with Gasteiger partial charge in [-0.1, -0.05) is 44.2 Å². The molecule has 158 valence electrons. The van der Waals surface area contributed by atoms with E-state index >= 15 is 0 Å². The molecule has 6 heteroatoms. The summed E-state index contributed by atoms with van der Waals surface area (Å²) in [5.41, 5.74) is 1.64. The number of amides is 1. The van der Waals surface area contributed by atoms with Crippen LogP contribution >= 0.6 is 0 Å². The van der Waals surface area contributed by atoms with Crippen molar-refractivity contribution in [3.05, 3.63) is 59.7 Å². The van der Waals surface area contributed by atoms with Crippen LogP contribution < -0.4 is 9.47 Å². The third-order valence-corrected chi connectivity index (χ3v) is 5.41. The monoisotopic (exact) mass is 407 g/mol. The van der Waals surface area contributed by atoms with Crippen molar-refractivity contribution in [3.8, 4) is 17.6 Å². The molecule has 1 fully saturated rings. The normalized spacial score (nSPS) is 15.5. The largest absolute Gasteiger partial charge is 0.493 e. The summed E-state index contributed by atoms with van der Waals surface area (Å²) in [7, 11) is 1.58. The van der Waals surface area contributed by atoms with Crippen molar-refractivity contribution in [2.24, 2.45) is 5.92 Å². The molecule has 0 spiro atoms. The van der Waals surface area contributed by atoms with Crippen LogP contribution in [-0.2, 0) is 6.61 Å². The zero-order chi connectivity index (χ0) is 21.5. The predicted molar refractivity (Wildman–Crippen MR) is 115 cm³/mol. The van der Waals surface area contributed by atoms with Crippen LogP contribution in [-0.4, -0.2) is 55.0 Å². The first kappa shape index (κ1) is 21.7. The predicted octanol–water partition coefficient (Wildman–Crippen LogP) is 3.58. The van der Waals surface area contributed by atoms with E-state index in [0.717, 1.165) is 5.56 Å². The fourth-order valence-electron chi connectivity index (χ4n) is 3.69. The van der Waals surface area contributed by atoms with Crippen molar-refractivity contribution >= 4 is 5.91 Å². The third kappa shape index (κ3) is 5.11. The molecule has 1 aliphatic heterocycles. The van der Waals surface area contributed by atoms with E-state index in [1.54, 1.807) is 25.3 Å². The van der Waals surface area contributed by atoms with E-state index in [9.17, 15) is 10.1 Å². The average molecular weight is 408 g/mol. The minimum atomic E-state index is -0.108. The van der Waals surface area contributed by atoms with Crippen molar-refractivity contribution in [3.63, 3.8) is 0 Å². The Morgan fingerprint density at radius 2 is 1.77 bits per heavy atom. The van der Waals surface area contributed by atoms with Gasteiger partial charge < -0.3 is 14.4 Å². The van der Waals surface area contributed by atoms with Crippen LogP contribution in [0.25, 0.3) is 0 Å². The summed E-state index contributed by atoms with van der Waals surface area (Å²) in [5.74, 6) is 1.39. The number of nitrogens with zero attached hydrogens (tertiary/aromatic N) is 3. The van der Waals surface area contributed by atoms with Crippen LogP contribution in [0.5, 0.6) is 11.5 Å². The minimum Gasteiger partial charge on any atom is -0.493 e. The van der Waals surface area contributed by atoms with Gasteiger partial charge in [0.25, 0.3) is 5.91 Å². The number of hydrogen-bond acceptors (Lipinski definition) is 5. The Balaban J connectivity index is 1.63. The molecule has 30 heavy (non-hydrogen) atoms. The number of hydrogen-bond donors (Lipinski definition) is 0. The van der Waals surface area contributed by atoms with Crippen LogP contribution in [0.4, 0.5) is 0 Å². The minimum absolute atomic E-state index is 0.0272. The molecule has 0 aliphatic carbocycles. The van der Waals surface area contributed by atoms with Gasteiger partial charge in [-0.15, -0.1) is 0 Å². The zero-order valence-electron chi connectivity index (χ0n) is 17.9. The molecule has 0 radical (unpaired) electrons. The average Bonchev–Trinajstić information content (AvgIpc) is 2.78. The van der Waals surface area contributed by atoms with Gasteiger partial charge in [-0.05, 0) is 29.7 Å². The second-order valence-corrected chi connectivity index (χ2v) is 7.79. The Morgan fingerprint density at radius 3 is 2.37 bits per heavy atom. The van der Waals surface area contributed by atoms with Gasteiger partial charge in [-0.2, -0.15) is 5.26 Å². The van der Waals surface area contributed by atoms with Crippen LogP contribution in [0.3, 0.4) is 0 Å². The number of nitriles is 1. The van der Waals surface area contributed by atoms with Gasteiger partial charge in [0.15, 0.2) is 11.5 Å². The summed E-state index contributed by atoms with van der Waals surface area (Å²) in [4.78, 5) is 17.0. The molecule has 1 aliphatic rings. The van der Waals surface area contributed by atoms with E-state index in [1.165, 1.54) is 0 Å². The van der Waals surface area contributed by atoms with Crippen molar-refractivity contribution in [1.82, 2.24) is 9.80 Å². The van der Waals surface area contributed by atoms with Gasteiger partial charge in [0.05, 0.1) is 13.2 Å². The fraction of sp³-hybridized carbons (Fsp3) is 0.417. The summed E-state index contributed by atoms with van der Waals surface area (Å²) in [5, 5.41) is 9.40. The molecular formula is C24H29N3O3. The standard InChI is InChI=1S/C24H29N3O3/c1-18(2)21(16-25)26-11-13-27(14-12-26)24(28)20-9-10-22(23(15-20)29-3)30-17-19-7-5-4-6-8-19/h4-10,15,18,21H,11-14,17H2,1-3H3. The van der Waals surface area contributed by atoms with Gasteiger partial charge in [-0.3, -0.25) is 9.69 Å². The summed E-state index contributed by atoms with van der Waals surface area (Å²) >= 11 is 0. The molecule has 0 aromatic heterocycles. The van der Waals surface area contributed by atoms with Crippen LogP contribution in [0.2, 0.25) is 0 Å². The number of benzene rings is 2. The first-order chi connectivity index (χ1) is 14.5. The Bertz CT molecular complexity index is 884. The van der Waals surface area contributed by atoms with Crippen molar-refractivity contribution < 1.29 is 14.3 Å². The number of ether oxygens (including phenoxy) is 2. The number of carbonyl (C=O) groups excluding carboxylic acids is 1. The van der Waals surface area contributed by atoms with Gasteiger partial charge in [0, 0.05) is 31.7 Å². The number of methoxy groups -OCH3 is 1. The Morgan fingerprint density at radius 1 is 1.07 bits per heavy atom. The fourth-order valence-corrected chi connectivity index (χ4v) is 3.69. The molecule has 0 N–H and O–H groups in total. The van der Waals surface area contributed by atoms with Crippen LogP contribution in [0.1, 0.15) is 29.8 Å². The van der Waals surface area contributed by atoms with Gasteiger partial charge >= 0.3 is 0 Å². The molecule has 1 unspecified atom stereocenters. The molecule has 0 saturated carbocycles. The zero-order valence-corrected chi connectivity index (χ0v) is 17.9. The lowest BCUT2D eigenvalue weighted by Gasteiger charge is -2.38. The van der Waals surface area contributed by atoms with E-state index in [0.29, 0.717) is 49.8 Å². The SMILES string of the molecule is COc1cc(C(=O)N2CCN(C(C#N)C(C)C)CC2)ccc1OCc1ccccc1. The summed E-state index contributed by atoms with van der Waals surface area (Å²) in [6.45, 7) is 7.17. The summed E-state index contributed by atoms with van der Waals surface area (Å²) in [6.07, 6.45) is 0. The number of piperazine rings is 1. The van der Waals surface area contributed by atoms with Gasteiger partial charge in [0.1, 0.15) is 12.6 Å². The second kappa shape index (κ2) is 10.1. The maximum Gasteiger partial charge on any atom is 0.254 e. The Labute approximate surface area is 178 Å². The van der Waals surface area contributed by atoms with E-state index < -0.39 is 0 Å². The second-order valence-electron chi connectivity index (χ2n) is 7.79. The third-order valence-electron chi connectivity index (χ3n) is 5.41. The van der Waals surface area contributed by atoms with E-state index in [1.807, 2.05) is 35.2 Å². The summed E-state index contributed by atoms with van der Waals surface area (Å²) < 4.78 is 11.3.